The molecule has 2 aromatic rings. The summed E-state index contributed by atoms with van der Waals surface area (Å²) in [5, 5.41) is 12.7. The number of methoxy groups -OCH3 is 1. The van der Waals surface area contributed by atoms with E-state index >= 15 is 0 Å². The molecular weight excluding hydrogens is 346 g/mol. The minimum atomic E-state index is -0.660. The first-order chi connectivity index (χ1) is 12.9. The van der Waals surface area contributed by atoms with Crippen LogP contribution in [0.3, 0.4) is 0 Å². The highest BCUT2D eigenvalue weighted by molar-refractivity contribution is 5.98. The Bertz CT molecular complexity index is 816. The van der Waals surface area contributed by atoms with E-state index in [2.05, 4.69) is 10.1 Å². The second-order valence-corrected chi connectivity index (χ2v) is 6.32. The molecule has 0 aliphatic heterocycles. The summed E-state index contributed by atoms with van der Waals surface area (Å²) < 4.78 is 10.4. The average molecular weight is 371 g/mol. The zero-order valence-electron chi connectivity index (χ0n) is 15.9. The highest BCUT2D eigenvalue weighted by Crippen LogP contribution is 2.28. The van der Waals surface area contributed by atoms with Crippen LogP contribution in [0.5, 0.6) is 11.5 Å². The molecule has 0 fully saturated rings. The molecule has 2 aromatic carbocycles. The topological polar surface area (TPSA) is 84.9 Å². The summed E-state index contributed by atoms with van der Waals surface area (Å²) in [5.74, 6) is -0.328. The number of anilines is 1. The van der Waals surface area contributed by atoms with Crippen LogP contribution in [0.15, 0.2) is 36.4 Å². The third kappa shape index (κ3) is 5.74. The molecule has 0 heterocycles. The van der Waals surface area contributed by atoms with Crippen LogP contribution in [0, 0.1) is 13.8 Å². The number of carbonyl (C=O) groups is 2. The van der Waals surface area contributed by atoms with Gasteiger partial charge in [0.05, 0.1) is 19.4 Å². The molecule has 0 saturated heterocycles. The maximum atomic E-state index is 12.1. The summed E-state index contributed by atoms with van der Waals surface area (Å²) >= 11 is 0. The van der Waals surface area contributed by atoms with Gasteiger partial charge in [-0.15, -0.1) is 0 Å². The van der Waals surface area contributed by atoms with Crippen molar-refractivity contribution in [2.75, 3.05) is 19.0 Å². The van der Waals surface area contributed by atoms with Gasteiger partial charge in [0.15, 0.2) is 5.75 Å². The number of esters is 1. The maximum absolute atomic E-state index is 12.1. The van der Waals surface area contributed by atoms with Crippen LogP contribution in [-0.4, -0.2) is 30.7 Å². The van der Waals surface area contributed by atoms with Gasteiger partial charge in [0.25, 0.3) is 0 Å². The van der Waals surface area contributed by atoms with E-state index in [4.69, 9.17) is 4.74 Å². The second kappa shape index (κ2) is 9.62. The van der Waals surface area contributed by atoms with Gasteiger partial charge in [-0.25, -0.2) is 4.79 Å². The molecule has 0 bridgehead atoms. The van der Waals surface area contributed by atoms with Crippen molar-refractivity contribution in [3.63, 3.8) is 0 Å². The fourth-order valence-electron chi connectivity index (χ4n) is 2.56. The quantitative estimate of drug-likeness (QED) is 0.416. The van der Waals surface area contributed by atoms with Gasteiger partial charge in [-0.2, -0.15) is 0 Å². The van der Waals surface area contributed by atoms with Gasteiger partial charge in [-0.3, -0.25) is 4.79 Å². The van der Waals surface area contributed by atoms with E-state index in [-0.39, 0.29) is 29.3 Å². The molecule has 0 unspecified atom stereocenters. The predicted octanol–water partition coefficient (Wildman–Crippen LogP) is 3.98. The normalized spacial score (nSPS) is 10.3. The first-order valence-corrected chi connectivity index (χ1v) is 8.82. The van der Waals surface area contributed by atoms with Gasteiger partial charge in [-0.1, -0.05) is 18.2 Å². The van der Waals surface area contributed by atoms with Crippen LogP contribution in [0.1, 0.15) is 40.7 Å². The first-order valence-electron chi connectivity index (χ1n) is 8.82. The Balaban J connectivity index is 1.78. The Morgan fingerprint density at radius 1 is 1.11 bits per heavy atom. The van der Waals surface area contributed by atoms with E-state index in [1.54, 1.807) is 6.07 Å². The van der Waals surface area contributed by atoms with E-state index in [0.717, 1.165) is 23.3 Å². The van der Waals surface area contributed by atoms with Crippen molar-refractivity contribution in [2.24, 2.45) is 0 Å². The number of amides is 1. The number of phenols is 1. The molecule has 27 heavy (non-hydrogen) atoms. The van der Waals surface area contributed by atoms with Crippen molar-refractivity contribution in [1.29, 1.82) is 0 Å². The molecule has 0 aromatic heterocycles. The maximum Gasteiger partial charge on any atom is 0.341 e. The Morgan fingerprint density at radius 2 is 1.89 bits per heavy atom. The van der Waals surface area contributed by atoms with Crippen LogP contribution < -0.4 is 10.1 Å². The number of phenolic OH excluding ortho intramolecular Hbond substituents is 1. The summed E-state index contributed by atoms with van der Waals surface area (Å²) in [6.45, 7) is 4.54. The standard InChI is InChI=1S/C21H25NO5/c1-14-10-11-15(2)18(13-14)27-12-5-4-9-19(23)22-17-8-6-7-16(20(17)24)21(25)26-3/h6-8,10-11,13,24H,4-5,9,12H2,1-3H3,(H,22,23). The van der Waals surface area contributed by atoms with Crippen molar-refractivity contribution in [1.82, 2.24) is 0 Å². The molecule has 0 aliphatic carbocycles. The molecule has 2 N–H and O–H groups in total. The van der Waals surface area contributed by atoms with Crippen molar-refractivity contribution in [3.8, 4) is 11.5 Å². The number of nitrogens with one attached hydrogen (secondary N) is 1. The Hall–Kier alpha value is -3.02. The molecule has 0 spiro atoms. The molecule has 6 heteroatoms. The highest BCUT2D eigenvalue weighted by Gasteiger charge is 2.15. The number of unbranched alkanes of at least 4 members (excludes halogenated alkanes) is 1. The van der Waals surface area contributed by atoms with E-state index in [1.165, 1.54) is 19.2 Å². The van der Waals surface area contributed by atoms with Crippen molar-refractivity contribution < 1.29 is 24.2 Å². The molecule has 0 atom stereocenters. The smallest absolute Gasteiger partial charge is 0.341 e. The lowest BCUT2D eigenvalue weighted by atomic mass is 10.1. The number of ether oxygens (including phenoxy) is 2. The molecule has 0 aliphatic rings. The summed E-state index contributed by atoms with van der Waals surface area (Å²) in [6.07, 6.45) is 1.67. The minimum Gasteiger partial charge on any atom is -0.505 e. The van der Waals surface area contributed by atoms with Crippen molar-refractivity contribution in [2.45, 2.75) is 33.1 Å². The monoisotopic (exact) mass is 371 g/mol. The van der Waals surface area contributed by atoms with Gasteiger partial charge in [0.2, 0.25) is 5.91 Å². The molecule has 0 saturated carbocycles. The van der Waals surface area contributed by atoms with Crippen LogP contribution in [0.25, 0.3) is 0 Å². The fourth-order valence-corrected chi connectivity index (χ4v) is 2.56. The number of para-hydroxylation sites is 1. The average Bonchev–Trinajstić information content (AvgIpc) is 2.65. The van der Waals surface area contributed by atoms with Crippen LogP contribution >= 0.6 is 0 Å². The molecule has 1 amide bonds. The number of benzene rings is 2. The lowest BCUT2D eigenvalue weighted by molar-refractivity contribution is -0.116. The van der Waals surface area contributed by atoms with Gasteiger partial charge in [0.1, 0.15) is 11.3 Å². The summed E-state index contributed by atoms with van der Waals surface area (Å²) in [6, 6.07) is 10.6. The Kier molecular flexibility index (Phi) is 7.23. The summed E-state index contributed by atoms with van der Waals surface area (Å²) in [4.78, 5) is 23.6. The number of hydrogen-bond acceptors (Lipinski definition) is 5. The zero-order valence-corrected chi connectivity index (χ0v) is 15.9. The van der Waals surface area contributed by atoms with Crippen LogP contribution in [-0.2, 0) is 9.53 Å². The summed E-state index contributed by atoms with van der Waals surface area (Å²) in [7, 11) is 1.23. The SMILES string of the molecule is COC(=O)c1cccc(NC(=O)CCCCOc2cc(C)ccc2C)c1O. The predicted molar refractivity (Wildman–Crippen MR) is 103 cm³/mol. The number of aromatic hydroxyl groups is 1. The fraction of sp³-hybridized carbons (Fsp3) is 0.333. The lowest BCUT2D eigenvalue weighted by Gasteiger charge is -2.11. The number of hydrogen-bond donors (Lipinski definition) is 2. The van der Waals surface area contributed by atoms with E-state index in [0.29, 0.717) is 13.0 Å². The Labute approximate surface area is 159 Å². The molecule has 6 nitrogen and oxygen atoms in total. The largest absolute Gasteiger partial charge is 0.505 e. The number of carbonyl (C=O) groups excluding carboxylic acids is 2. The van der Waals surface area contributed by atoms with Gasteiger partial charge >= 0.3 is 5.97 Å². The third-order valence-corrected chi connectivity index (χ3v) is 4.11. The van der Waals surface area contributed by atoms with Gasteiger partial charge in [0, 0.05) is 6.42 Å². The Morgan fingerprint density at radius 3 is 2.63 bits per heavy atom. The van der Waals surface area contributed by atoms with E-state index in [9.17, 15) is 14.7 Å². The van der Waals surface area contributed by atoms with Crippen molar-refractivity contribution >= 4 is 17.6 Å². The van der Waals surface area contributed by atoms with Gasteiger partial charge < -0.3 is 19.9 Å². The van der Waals surface area contributed by atoms with E-state index < -0.39 is 5.97 Å². The second-order valence-electron chi connectivity index (χ2n) is 6.32. The molecule has 2 rings (SSSR count). The molecule has 0 radical (unpaired) electrons. The minimum absolute atomic E-state index is 0.0113. The van der Waals surface area contributed by atoms with Crippen LogP contribution in [0.2, 0.25) is 0 Å². The summed E-state index contributed by atoms with van der Waals surface area (Å²) in [5.41, 5.74) is 2.43. The third-order valence-electron chi connectivity index (χ3n) is 4.11. The highest BCUT2D eigenvalue weighted by atomic mass is 16.5. The van der Waals surface area contributed by atoms with Crippen LogP contribution in [0.4, 0.5) is 5.69 Å². The molecule has 144 valence electrons. The zero-order chi connectivity index (χ0) is 19.8. The first kappa shape index (κ1) is 20.3. The van der Waals surface area contributed by atoms with E-state index in [1.807, 2.05) is 32.0 Å². The number of rotatable bonds is 8. The number of aryl methyl sites for hydroxylation is 2. The lowest BCUT2D eigenvalue weighted by Crippen LogP contribution is -2.13. The van der Waals surface area contributed by atoms with Gasteiger partial charge in [-0.05, 0) is 56.0 Å². The molecular formula is C21H25NO5. The van der Waals surface area contributed by atoms with Crippen molar-refractivity contribution in [3.05, 3.63) is 53.1 Å².